The van der Waals surface area contributed by atoms with E-state index in [2.05, 4.69) is 15.4 Å². The molecule has 0 aliphatic carbocycles. The number of carbonyl (C=O) groups excluding carboxylic acids is 2. The molecule has 0 bridgehead atoms. The number of anilines is 1. The molecule has 1 N–H and O–H groups in total. The molecule has 0 aliphatic rings. The monoisotopic (exact) mass is 411 g/mol. The number of benzene rings is 1. The van der Waals surface area contributed by atoms with Crippen molar-refractivity contribution in [3.63, 3.8) is 0 Å². The maximum atomic E-state index is 12.1. The van der Waals surface area contributed by atoms with E-state index in [1.54, 1.807) is 4.52 Å². The lowest BCUT2D eigenvalue weighted by atomic mass is 10.1. The van der Waals surface area contributed by atoms with Gasteiger partial charge in [0.2, 0.25) is 0 Å². The molecule has 0 fully saturated rings. The number of hydrogen-bond donors (Lipinski definition) is 1. The van der Waals surface area contributed by atoms with Crippen LogP contribution in [-0.2, 0) is 20.7 Å². The van der Waals surface area contributed by atoms with Crippen LogP contribution in [0.3, 0.4) is 0 Å². The van der Waals surface area contributed by atoms with Gasteiger partial charge in [-0.3, -0.25) is 19.7 Å². The van der Waals surface area contributed by atoms with Gasteiger partial charge < -0.3 is 10.1 Å². The lowest BCUT2D eigenvalue weighted by molar-refractivity contribution is -0.384. The molecular formula is C20H21N5O5. The summed E-state index contributed by atoms with van der Waals surface area (Å²) in [6.45, 7) is 5.26. The fourth-order valence-corrected chi connectivity index (χ4v) is 3.11. The number of aryl methyl sites for hydroxylation is 3. The van der Waals surface area contributed by atoms with E-state index in [1.807, 2.05) is 26.8 Å². The molecule has 156 valence electrons. The second-order valence-corrected chi connectivity index (χ2v) is 6.83. The largest absolute Gasteiger partial charge is 0.456 e. The minimum Gasteiger partial charge on any atom is -0.456 e. The summed E-state index contributed by atoms with van der Waals surface area (Å²) in [4.78, 5) is 38.6. The normalized spacial score (nSPS) is 10.8. The first-order valence-electron chi connectivity index (χ1n) is 9.27. The van der Waals surface area contributed by atoms with Crippen molar-refractivity contribution in [3.05, 3.63) is 63.1 Å². The number of non-ortho nitro benzene ring substituents is 1. The first kappa shape index (κ1) is 20.9. The third-order valence-corrected chi connectivity index (χ3v) is 4.59. The van der Waals surface area contributed by atoms with Gasteiger partial charge in [-0.25, -0.2) is 9.50 Å². The molecule has 0 saturated heterocycles. The fraction of sp³-hybridized carbons (Fsp3) is 0.300. The molecule has 0 spiro atoms. The predicted molar refractivity (Wildman–Crippen MR) is 108 cm³/mol. The third kappa shape index (κ3) is 4.77. The summed E-state index contributed by atoms with van der Waals surface area (Å²) < 4.78 is 6.78. The average Bonchev–Trinajstić information content (AvgIpc) is 3.07. The van der Waals surface area contributed by atoms with E-state index in [0.717, 1.165) is 28.3 Å². The summed E-state index contributed by atoms with van der Waals surface area (Å²) in [5.41, 5.74) is 4.57. The van der Waals surface area contributed by atoms with E-state index >= 15 is 0 Å². The Hall–Kier alpha value is -3.82. The van der Waals surface area contributed by atoms with Crippen molar-refractivity contribution in [2.75, 3.05) is 11.9 Å². The molecule has 0 saturated carbocycles. The van der Waals surface area contributed by atoms with Gasteiger partial charge in [0.15, 0.2) is 12.3 Å². The number of esters is 1. The SMILES string of the molecule is Cc1cc2nc(C)c(CCC(=O)OCC(=O)Nc3ccc([N+](=O)[O-])cc3)c(C)n2n1. The van der Waals surface area contributed by atoms with E-state index in [1.165, 1.54) is 24.3 Å². The summed E-state index contributed by atoms with van der Waals surface area (Å²) in [6, 6.07) is 7.26. The van der Waals surface area contributed by atoms with Gasteiger partial charge in [0.05, 0.1) is 10.6 Å². The molecule has 1 aromatic carbocycles. The minimum absolute atomic E-state index is 0.0806. The molecule has 30 heavy (non-hydrogen) atoms. The molecule has 10 heteroatoms. The quantitative estimate of drug-likeness (QED) is 0.359. The van der Waals surface area contributed by atoms with E-state index < -0.39 is 23.4 Å². The maximum Gasteiger partial charge on any atom is 0.306 e. The molecule has 3 rings (SSSR count). The van der Waals surface area contributed by atoms with Gasteiger partial charge >= 0.3 is 5.97 Å². The van der Waals surface area contributed by atoms with Crippen molar-refractivity contribution >= 4 is 28.9 Å². The van der Waals surface area contributed by atoms with Gasteiger partial charge in [0.1, 0.15) is 0 Å². The number of aromatic nitrogens is 3. The van der Waals surface area contributed by atoms with Crippen LogP contribution in [0.5, 0.6) is 0 Å². The number of fused-ring (bicyclic) bond motifs is 1. The summed E-state index contributed by atoms with van der Waals surface area (Å²) in [6.07, 6.45) is 0.516. The highest BCUT2D eigenvalue weighted by Crippen LogP contribution is 2.18. The van der Waals surface area contributed by atoms with Crippen molar-refractivity contribution < 1.29 is 19.2 Å². The molecule has 1 amide bonds. The number of nitrogens with one attached hydrogen (secondary N) is 1. The zero-order valence-electron chi connectivity index (χ0n) is 16.8. The average molecular weight is 411 g/mol. The Kier molecular flexibility index (Phi) is 6.05. The molecule has 3 aromatic rings. The Labute approximate surface area is 172 Å². The highest BCUT2D eigenvalue weighted by molar-refractivity contribution is 5.92. The first-order chi connectivity index (χ1) is 14.2. The van der Waals surface area contributed by atoms with Crippen LogP contribution in [0.15, 0.2) is 30.3 Å². The highest BCUT2D eigenvalue weighted by Gasteiger charge is 2.14. The Bertz CT molecular complexity index is 1120. The van der Waals surface area contributed by atoms with Crippen LogP contribution < -0.4 is 5.32 Å². The zero-order valence-corrected chi connectivity index (χ0v) is 16.8. The van der Waals surface area contributed by atoms with E-state index in [-0.39, 0.29) is 12.1 Å². The summed E-state index contributed by atoms with van der Waals surface area (Å²) in [5, 5.41) is 17.6. The van der Waals surface area contributed by atoms with Crippen molar-refractivity contribution in [3.8, 4) is 0 Å². The van der Waals surface area contributed by atoms with Crippen LogP contribution in [0.2, 0.25) is 0 Å². The van der Waals surface area contributed by atoms with Crippen molar-refractivity contribution in [1.29, 1.82) is 0 Å². The number of nitro groups is 1. The number of rotatable bonds is 7. The zero-order chi connectivity index (χ0) is 21.8. The summed E-state index contributed by atoms with van der Waals surface area (Å²) in [5.74, 6) is -1.04. The number of amides is 1. The Morgan fingerprint density at radius 2 is 1.90 bits per heavy atom. The fourth-order valence-electron chi connectivity index (χ4n) is 3.11. The van der Waals surface area contributed by atoms with E-state index in [9.17, 15) is 19.7 Å². The molecular weight excluding hydrogens is 390 g/mol. The maximum absolute atomic E-state index is 12.1. The lowest BCUT2D eigenvalue weighted by Crippen LogP contribution is -2.21. The Morgan fingerprint density at radius 3 is 2.57 bits per heavy atom. The molecule has 0 atom stereocenters. The van der Waals surface area contributed by atoms with Crippen LogP contribution in [0.1, 0.15) is 29.1 Å². The van der Waals surface area contributed by atoms with Gasteiger partial charge in [0, 0.05) is 41.7 Å². The Morgan fingerprint density at radius 1 is 1.20 bits per heavy atom. The van der Waals surface area contributed by atoms with Gasteiger partial charge in [-0.1, -0.05) is 0 Å². The number of nitrogens with zero attached hydrogens (tertiary/aromatic N) is 4. The summed E-state index contributed by atoms with van der Waals surface area (Å²) >= 11 is 0. The van der Waals surface area contributed by atoms with Crippen molar-refractivity contribution in [1.82, 2.24) is 14.6 Å². The molecule has 0 radical (unpaired) electrons. The van der Waals surface area contributed by atoms with Gasteiger partial charge in [-0.15, -0.1) is 0 Å². The van der Waals surface area contributed by atoms with Crippen LogP contribution in [0.4, 0.5) is 11.4 Å². The van der Waals surface area contributed by atoms with E-state index in [0.29, 0.717) is 12.1 Å². The van der Waals surface area contributed by atoms with Gasteiger partial charge in [-0.05, 0) is 44.9 Å². The molecule has 2 heterocycles. The van der Waals surface area contributed by atoms with Crippen molar-refractivity contribution in [2.45, 2.75) is 33.6 Å². The lowest BCUT2D eigenvalue weighted by Gasteiger charge is -2.11. The standard InChI is InChI=1S/C20H21N5O5/c1-12-10-18-21-13(2)17(14(3)24(18)23-12)8-9-20(27)30-11-19(26)22-15-4-6-16(7-5-15)25(28)29/h4-7,10H,8-9,11H2,1-3H3,(H,22,26). The number of hydrogen-bond acceptors (Lipinski definition) is 7. The molecule has 0 aliphatic heterocycles. The minimum atomic E-state index is -0.530. The predicted octanol–water partition coefficient (Wildman–Crippen LogP) is 2.68. The number of carbonyl (C=O) groups is 2. The molecule has 2 aromatic heterocycles. The van der Waals surface area contributed by atoms with Crippen molar-refractivity contribution in [2.24, 2.45) is 0 Å². The number of nitro benzene ring substituents is 1. The summed E-state index contributed by atoms with van der Waals surface area (Å²) in [7, 11) is 0. The van der Waals surface area contributed by atoms with E-state index in [4.69, 9.17) is 4.74 Å². The third-order valence-electron chi connectivity index (χ3n) is 4.59. The van der Waals surface area contributed by atoms with Crippen LogP contribution in [0, 0.1) is 30.9 Å². The first-order valence-corrected chi connectivity index (χ1v) is 9.27. The van der Waals surface area contributed by atoms with Gasteiger partial charge in [-0.2, -0.15) is 5.10 Å². The van der Waals surface area contributed by atoms with Crippen LogP contribution in [-0.4, -0.2) is 38.0 Å². The molecule has 10 nitrogen and oxygen atoms in total. The van der Waals surface area contributed by atoms with Crippen LogP contribution in [0.25, 0.3) is 5.65 Å². The topological polar surface area (TPSA) is 129 Å². The smallest absolute Gasteiger partial charge is 0.306 e. The molecule has 0 unspecified atom stereocenters. The van der Waals surface area contributed by atoms with Gasteiger partial charge in [0.25, 0.3) is 11.6 Å². The second kappa shape index (κ2) is 8.68. The number of ether oxygens (including phenoxy) is 1. The second-order valence-electron chi connectivity index (χ2n) is 6.83. The Balaban J connectivity index is 1.52. The highest BCUT2D eigenvalue weighted by atomic mass is 16.6. The van der Waals surface area contributed by atoms with Crippen LogP contribution >= 0.6 is 0 Å².